The maximum atomic E-state index is 12.2. The first-order valence-electron chi connectivity index (χ1n) is 7.13. The number of amides is 1. The van der Waals surface area contributed by atoms with Gasteiger partial charge >= 0.3 is 5.97 Å². The van der Waals surface area contributed by atoms with Gasteiger partial charge in [0.25, 0.3) is 0 Å². The number of carboxylic acid groups (broad SMARTS) is 1. The molecule has 0 aliphatic heterocycles. The second-order valence-corrected chi connectivity index (χ2v) is 6.46. The van der Waals surface area contributed by atoms with Gasteiger partial charge in [0.15, 0.2) is 0 Å². The van der Waals surface area contributed by atoms with Crippen molar-refractivity contribution in [2.75, 3.05) is 6.54 Å². The van der Waals surface area contributed by atoms with E-state index in [1.165, 1.54) is 0 Å². The van der Waals surface area contributed by atoms with Crippen molar-refractivity contribution in [3.05, 3.63) is 0 Å². The van der Waals surface area contributed by atoms with Crippen LogP contribution in [0.2, 0.25) is 0 Å². The molecule has 1 amide bonds. The van der Waals surface area contributed by atoms with E-state index in [0.29, 0.717) is 18.8 Å². The van der Waals surface area contributed by atoms with Crippen LogP contribution in [0.3, 0.4) is 0 Å². The van der Waals surface area contributed by atoms with Crippen molar-refractivity contribution in [2.24, 2.45) is 16.7 Å². The van der Waals surface area contributed by atoms with Crippen molar-refractivity contribution >= 4 is 11.9 Å². The molecule has 4 heteroatoms. The normalized spacial score (nSPS) is 12.6. The summed E-state index contributed by atoms with van der Waals surface area (Å²) in [5.74, 6) is -0.462. The average Bonchev–Trinajstić information content (AvgIpc) is 2.28. The van der Waals surface area contributed by atoms with Crippen molar-refractivity contribution in [2.45, 2.75) is 60.8 Å². The average molecular weight is 271 g/mol. The van der Waals surface area contributed by atoms with Gasteiger partial charge in [-0.1, -0.05) is 41.5 Å². The van der Waals surface area contributed by atoms with Crippen molar-refractivity contribution in [3.63, 3.8) is 0 Å². The summed E-state index contributed by atoms with van der Waals surface area (Å²) in [5, 5.41) is 12.2. The Morgan fingerprint density at radius 3 is 1.95 bits per heavy atom. The number of nitrogens with one attached hydrogen (secondary N) is 1. The van der Waals surface area contributed by atoms with E-state index in [4.69, 9.17) is 0 Å². The molecule has 0 aromatic carbocycles. The lowest BCUT2D eigenvalue weighted by atomic mass is 9.80. The van der Waals surface area contributed by atoms with Crippen LogP contribution < -0.4 is 5.32 Å². The fourth-order valence-electron chi connectivity index (χ4n) is 2.48. The van der Waals surface area contributed by atoms with Gasteiger partial charge < -0.3 is 10.4 Å². The summed E-state index contributed by atoms with van der Waals surface area (Å²) in [6.07, 6.45) is 1.82. The number of carbonyl (C=O) groups is 2. The Hall–Kier alpha value is -1.06. The molecule has 0 saturated carbocycles. The molecule has 19 heavy (non-hydrogen) atoms. The molecule has 0 saturated heterocycles. The molecule has 0 aromatic heterocycles. The summed E-state index contributed by atoms with van der Waals surface area (Å²) in [6, 6.07) is 0. The molecular formula is C15H29NO3. The minimum absolute atomic E-state index is 0.0614. The van der Waals surface area contributed by atoms with Crippen LogP contribution in [0.25, 0.3) is 0 Å². The lowest BCUT2D eigenvalue weighted by Gasteiger charge is -2.30. The van der Waals surface area contributed by atoms with Crippen molar-refractivity contribution in [3.8, 4) is 0 Å². The number of hydrogen-bond acceptors (Lipinski definition) is 2. The summed E-state index contributed by atoms with van der Waals surface area (Å²) in [4.78, 5) is 23.6. The predicted molar refractivity (Wildman–Crippen MR) is 76.9 cm³/mol. The van der Waals surface area contributed by atoms with Gasteiger partial charge in [-0.25, -0.2) is 0 Å². The first-order chi connectivity index (χ1) is 8.61. The van der Waals surface area contributed by atoms with Gasteiger partial charge in [-0.3, -0.25) is 9.59 Å². The lowest BCUT2D eigenvalue weighted by Crippen LogP contribution is -2.46. The van der Waals surface area contributed by atoms with Crippen LogP contribution in [0, 0.1) is 16.7 Å². The molecule has 2 N–H and O–H groups in total. The molecule has 0 spiro atoms. The van der Waals surface area contributed by atoms with E-state index < -0.39 is 16.8 Å². The van der Waals surface area contributed by atoms with E-state index >= 15 is 0 Å². The second kappa shape index (κ2) is 6.92. The van der Waals surface area contributed by atoms with Gasteiger partial charge in [0, 0.05) is 12.0 Å². The zero-order valence-electron chi connectivity index (χ0n) is 13.2. The Morgan fingerprint density at radius 1 is 1.16 bits per heavy atom. The van der Waals surface area contributed by atoms with E-state index in [1.54, 1.807) is 0 Å². The summed E-state index contributed by atoms with van der Waals surface area (Å²) in [6.45, 7) is 11.9. The SMILES string of the molecule is CCC(CC)(CNC(=O)C(C)(C)CC(C)C)C(=O)O. The molecule has 0 unspecified atom stereocenters. The minimum atomic E-state index is -0.844. The largest absolute Gasteiger partial charge is 0.481 e. The zero-order valence-corrected chi connectivity index (χ0v) is 13.2. The number of carboxylic acids is 1. The fourth-order valence-corrected chi connectivity index (χ4v) is 2.48. The van der Waals surface area contributed by atoms with E-state index in [0.717, 1.165) is 6.42 Å². The standard InChI is InChI=1S/C15H29NO3/c1-7-15(8-2,13(18)19)10-16-12(17)14(5,6)9-11(3)4/h11H,7-10H2,1-6H3,(H,16,17)(H,18,19). The van der Waals surface area contributed by atoms with Gasteiger partial charge in [0.05, 0.1) is 5.41 Å². The smallest absolute Gasteiger partial charge is 0.311 e. The summed E-state index contributed by atoms with van der Waals surface area (Å²) < 4.78 is 0. The second-order valence-electron chi connectivity index (χ2n) is 6.46. The van der Waals surface area contributed by atoms with Gasteiger partial charge in [-0.15, -0.1) is 0 Å². The molecular weight excluding hydrogens is 242 g/mol. The topological polar surface area (TPSA) is 66.4 Å². The maximum absolute atomic E-state index is 12.2. The van der Waals surface area contributed by atoms with E-state index in [1.807, 2.05) is 27.7 Å². The van der Waals surface area contributed by atoms with Crippen LogP contribution in [0.4, 0.5) is 0 Å². The van der Waals surface area contributed by atoms with Gasteiger partial charge in [0.2, 0.25) is 5.91 Å². The molecule has 4 nitrogen and oxygen atoms in total. The van der Waals surface area contributed by atoms with Gasteiger partial charge in [0.1, 0.15) is 0 Å². The summed E-state index contributed by atoms with van der Waals surface area (Å²) >= 11 is 0. The highest BCUT2D eigenvalue weighted by molar-refractivity contribution is 5.83. The van der Waals surface area contributed by atoms with Crippen molar-refractivity contribution < 1.29 is 14.7 Å². The van der Waals surface area contributed by atoms with Crippen LogP contribution in [0.5, 0.6) is 0 Å². The highest BCUT2D eigenvalue weighted by Crippen LogP contribution is 2.28. The monoisotopic (exact) mass is 271 g/mol. The van der Waals surface area contributed by atoms with Gasteiger partial charge in [-0.2, -0.15) is 0 Å². The Bertz CT molecular complexity index is 317. The lowest BCUT2D eigenvalue weighted by molar-refractivity contribution is -0.149. The molecule has 0 aromatic rings. The van der Waals surface area contributed by atoms with Crippen LogP contribution in [0.1, 0.15) is 60.8 Å². The summed E-state index contributed by atoms with van der Waals surface area (Å²) in [7, 11) is 0. The Kier molecular flexibility index (Phi) is 6.53. The third-order valence-electron chi connectivity index (χ3n) is 3.93. The highest BCUT2D eigenvalue weighted by Gasteiger charge is 2.37. The number of carbonyl (C=O) groups excluding carboxylic acids is 1. The van der Waals surface area contributed by atoms with Crippen molar-refractivity contribution in [1.82, 2.24) is 5.32 Å². The fraction of sp³-hybridized carbons (Fsp3) is 0.867. The molecule has 0 radical (unpaired) electrons. The van der Waals surface area contributed by atoms with Crippen LogP contribution in [-0.2, 0) is 9.59 Å². The Morgan fingerprint density at radius 2 is 1.63 bits per heavy atom. The van der Waals surface area contributed by atoms with Crippen LogP contribution in [-0.4, -0.2) is 23.5 Å². The third kappa shape index (κ3) is 4.84. The molecule has 0 rings (SSSR count). The first kappa shape index (κ1) is 17.9. The maximum Gasteiger partial charge on any atom is 0.311 e. The Labute approximate surface area is 117 Å². The molecule has 0 atom stereocenters. The van der Waals surface area contributed by atoms with Gasteiger partial charge in [-0.05, 0) is 25.2 Å². The predicted octanol–water partition coefficient (Wildman–Crippen LogP) is 3.07. The zero-order chi connectivity index (χ0) is 15.3. The van der Waals surface area contributed by atoms with Crippen LogP contribution >= 0.6 is 0 Å². The molecule has 112 valence electrons. The molecule has 0 heterocycles. The van der Waals surface area contributed by atoms with Crippen LogP contribution in [0.15, 0.2) is 0 Å². The number of hydrogen-bond donors (Lipinski definition) is 2. The van der Waals surface area contributed by atoms with E-state index in [2.05, 4.69) is 19.2 Å². The quantitative estimate of drug-likeness (QED) is 0.713. The molecule has 0 aliphatic carbocycles. The number of aliphatic carboxylic acids is 1. The first-order valence-corrected chi connectivity index (χ1v) is 7.13. The third-order valence-corrected chi connectivity index (χ3v) is 3.93. The molecule has 0 fully saturated rings. The number of rotatable bonds is 8. The molecule has 0 aliphatic rings. The minimum Gasteiger partial charge on any atom is -0.481 e. The summed E-state index contributed by atoms with van der Waals surface area (Å²) in [5.41, 5.74) is -1.30. The van der Waals surface area contributed by atoms with E-state index in [-0.39, 0.29) is 12.5 Å². The van der Waals surface area contributed by atoms with Crippen molar-refractivity contribution in [1.29, 1.82) is 0 Å². The molecule has 0 bridgehead atoms. The Balaban J connectivity index is 4.70. The highest BCUT2D eigenvalue weighted by atomic mass is 16.4. The van der Waals surface area contributed by atoms with E-state index in [9.17, 15) is 14.7 Å².